The van der Waals surface area contributed by atoms with Crippen molar-refractivity contribution in [2.75, 3.05) is 26.7 Å². The summed E-state index contributed by atoms with van der Waals surface area (Å²) >= 11 is 0. The maximum atomic E-state index is 9.09. The van der Waals surface area contributed by atoms with Gasteiger partial charge in [0.2, 0.25) is 0 Å². The summed E-state index contributed by atoms with van der Waals surface area (Å²) in [6.07, 6.45) is 3.33. The molecule has 2 aliphatic rings. The third-order valence-electron chi connectivity index (χ3n) is 6.32. The van der Waals surface area contributed by atoms with Crippen LogP contribution in [-0.2, 0) is 17.8 Å². The zero-order valence-electron chi connectivity index (χ0n) is 16.7. The van der Waals surface area contributed by atoms with Crippen molar-refractivity contribution in [2.24, 2.45) is 0 Å². The molecule has 146 valence electrons. The van der Waals surface area contributed by atoms with Gasteiger partial charge in [-0.05, 0) is 49.6 Å². The predicted octanol–water partition coefficient (Wildman–Crippen LogP) is 3.81. The normalized spacial score (nSPS) is 21.8. The Morgan fingerprint density at radius 2 is 1.86 bits per heavy atom. The van der Waals surface area contributed by atoms with Gasteiger partial charge in [0.15, 0.2) is 0 Å². The minimum atomic E-state index is 0.0562. The van der Waals surface area contributed by atoms with Crippen LogP contribution in [0.3, 0.4) is 0 Å². The van der Waals surface area contributed by atoms with Gasteiger partial charge in [-0.1, -0.05) is 42.5 Å². The topological polar surface area (TPSA) is 39.5 Å². The lowest BCUT2D eigenvalue weighted by molar-refractivity contribution is -0.0452. The number of nitriles is 1. The van der Waals surface area contributed by atoms with E-state index < -0.39 is 0 Å². The van der Waals surface area contributed by atoms with Crippen molar-refractivity contribution in [1.82, 2.24) is 9.80 Å². The fraction of sp³-hybridized carbons (Fsp3) is 0.458. The molecule has 0 radical (unpaired) electrons. The predicted molar refractivity (Wildman–Crippen MR) is 111 cm³/mol. The second kappa shape index (κ2) is 8.45. The summed E-state index contributed by atoms with van der Waals surface area (Å²) in [5.41, 5.74) is 3.39. The Hall–Kier alpha value is -2.19. The molecule has 2 aliphatic heterocycles. The first kappa shape index (κ1) is 19.1. The number of likely N-dealkylation sites (N-methyl/N-ethyl adjacent to an activating group) is 1. The Bertz CT molecular complexity index is 821. The van der Waals surface area contributed by atoms with Crippen molar-refractivity contribution in [3.05, 3.63) is 71.3 Å². The summed E-state index contributed by atoms with van der Waals surface area (Å²) in [6, 6.07) is 21.4. The number of piperidine rings is 1. The van der Waals surface area contributed by atoms with Crippen LogP contribution in [0.5, 0.6) is 0 Å². The highest BCUT2D eigenvalue weighted by atomic mass is 16.5. The molecule has 4 heteroatoms. The summed E-state index contributed by atoms with van der Waals surface area (Å²) in [5, 5.41) is 9.09. The molecule has 0 saturated carbocycles. The molecule has 2 fully saturated rings. The minimum absolute atomic E-state index is 0.0562. The van der Waals surface area contributed by atoms with Crippen LogP contribution in [0.25, 0.3) is 0 Å². The Balaban J connectivity index is 1.29. The van der Waals surface area contributed by atoms with Gasteiger partial charge in [-0.3, -0.25) is 9.80 Å². The average molecular weight is 376 g/mol. The fourth-order valence-corrected chi connectivity index (χ4v) is 4.57. The summed E-state index contributed by atoms with van der Waals surface area (Å²) in [5.74, 6) is 0. The summed E-state index contributed by atoms with van der Waals surface area (Å²) in [6.45, 7) is 4.86. The van der Waals surface area contributed by atoms with Crippen molar-refractivity contribution in [3.63, 3.8) is 0 Å². The van der Waals surface area contributed by atoms with E-state index in [1.807, 2.05) is 18.2 Å². The smallest absolute Gasteiger partial charge is 0.0991 e. The third kappa shape index (κ3) is 4.44. The lowest BCUT2D eigenvalue weighted by Crippen LogP contribution is -2.44. The Kier molecular flexibility index (Phi) is 5.77. The second-order valence-electron chi connectivity index (χ2n) is 8.34. The molecule has 0 N–H and O–H groups in total. The van der Waals surface area contributed by atoms with Gasteiger partial charge in [0.25, 0.3) is 0 Å². The van der Waals surface area contributed by atoms with E-state index in [9.17, 15) is 0 Å². The molecule has 4 nitrogen and oxygen atoms in total. The van der Waals surface area contributed by atoms with E-state index in [0.717, 1.165) is 57.6 Å². The van der Waals surface area contributed by atoms with Crippen molar-refractivity contribution in [1.29, 1.82) is 5.26 Å². The summed E-state index contributed by atoms with van der Waals surface area (Å²) in [7, 11) is 2.22. The molecule has 2 saturated heterocycles. The van der Waals surface area contributed by atoms with E-state index in [4.69, 9.17) is 10.00 Å². The van der Waals surface area contributed by atoms with Gasteiger partial charge in [0, 0.05) is 32.2 Å². The van der Waals surface area contributed by atoms with Gasteiger partial charge in [0.1, 0.15) is 0 Å². The summed E-state index contributed by atoms with van der Waals surface area (Å²) in [4.78, 5) is 4.94. The Labute approximate surface area is 168 Å². The number of nitrogens with zero attached hydrogens (tertiary/aromatic N) is 3. The van der Waals surface area contributed by atoms with Crippen molar-refractivity contribution >= 4 is 0 Å². The van der Waals surface area contributed by atoms with Crippen LogP contribution in [0.4, 0.5) is 0 Å². The highest BCUT2D eigenvalue weighted by Crippen LogP contribution is 2.38. The molecule has 4 rings (SSSR count). The van der Waals surface area contributed by atoms with Crippen LogP contribution in [0.2, 0.25) is 0 Å². The SMILES string of the molecule is CN(Cc1ccccc1)[C@@H]1COC2(CCN(Cc3cccc(C#N)c3)CC2)C1. The molecular weight excluding hydrogens is 346 g/mol. The van der Waals surface area contributed by atoms with E-state index in [1.54, 1.807) is 0 Å². The van der Waals surface area contributed by atoms with Gasteiger partial charge >= 0.3 is 0 Å². The van der Waals surface area contributed by atoms with Crippen LogP contribution in [-0.4, -0.2) is 48.2 Å². The number of ether oxygens (including phenoxy) is 1. The quantitative estimate of drug-likeness (QED) is 0.797. The van der Waals surface area contributed by atoms with E-state index >= 15 is 0 Å². The highest BCUT2D eigenvalue weighted by Gasteiger charge is 2.43. The van der Waals surface area contributed by atoms with Gasteiger partial charge in [-0.2, -0.15) is 5.26 Å². The van der Waals surface area contributed by atoms with Crippen molar-refractivity contribution < 1.29 is 4.74 Å². The largest absolute Gasteiger partial charge is 0.373 e. The average Bonchev–Trinajstić information content (AvgIpc) is 3.15. The van der Waals surface area contributed by atoms with Crippen molar-refractivity contribution in [2.45, 2.75) is 44.0 Å². The molecule has 0 amide bonds. The number of hydrogen-bond acceptors (Lipinski definition) is 4. The first-order valence-electron chi connectivity index (χ1n) is 10.3. The van der Waals surface area contributed by atoms with E-state index in [-0.39, 0.29) is 5.60 Å². The van der Waals surface area contributed by atoms with Crippen LogP contribution in [0.15, 0.2) is 54.6 Å². The van der Waals surface area contributed by atoms with E-state index in [2.05, 4.69) is 59.3 Å². The van der Waals surface area contributed by atoms with Gasteiger partial charge in [-0.25, -0.2) is 0 Å². The highest BCUT2D eigenvalue weighted by molar-refractivity contribution is 5.32. The number of rotatable bonds is 5. The zero-order chi connectivity index (χ0) is 19.4. The maximum Gasteiger partial charge on any atom is 0.0991 e. The minimum Gasteiger partial charge on any atom is -0.373 e. The van der Waals surface area contributed by atoms with Crippen LogP contribution < -0.4 is 0 Å². The molecule has 0 aromatic heterocycles. The van der Waals surface area contributed by atoms with E-state index in [1.165, 1.54) is 11.1 Å². The molecule has 2 aromatic carbocycles. The Morgan fingerprint density at radius 3 is 2.61 bits per heavy atom. The summed E-state index contributed by atoms with van der Waals surface area (Å²) < 4.78 is 6.38. The second-order valence-corrected chi connectivity index (χ2v) is 8.34. The lowest BCUT2D eigenvalue weighted by Gasteiger charge is -2.39. The molecule has 2 heterocycles. The van der Waals surface area contributed by atoms with Gasteiger partial charge in [-0.15, -0.1) is 0 Å². The van der Waals surface area contributed by atoms with Gasteiger partial charge in [0.05, 0.1) is 23.8 Å². The maximum absolute atomic E-state index is 9.09. The third-order valence-corrected chi connectivity index (χ3v) is 6.32. The Morgan fingerprint density at radius 1 is 1.11 bits per heavy atom. The molecular formula is C24H29N3O. The molecule has 0 bridgehead atoms. The number of benzene rings is 2. The zero-order valence-corrected chi connectivity index (χ0v) is 16.7. The fourth-order valence-electron chi connectivity index (χ4n) is 4.57. The molecule has 1 atom stereocenters. The van der Waals surface area contributed by atoms with Gasteiger partial charge < -0.3 is 4.74 Å². The monoisotopic (exact) mass is 375 g/mol. The molecule has 1 spiro atoms. The van der Waals surface area contributed by atoms with Crippen LogP contribution >= 0.6 is 0 Å². The number of hydrogen-bond donors (Lipinski definition) is 0. The number of likely N-dealkylation sites (tertiary alicyclic amines) is 1. The molecule has 2 aromatic rings. The van der Waals surface area contributed by atoms with Crippen LogP contribution in [0, 0.1) is 11.3 Å². The van der Waals surface area contributed by atoms with Crippen molar-refractivity contribution in [3.8, 4) is 6.07 Å². The van der Waals surface area contributed by atoms with E-state index in [0.29, 0.717) is 6.04 Å². The molecule has 28 heavy (non-hydrogen) atoms. The molecule has 0 unspecified atom stereocenters. The van der Waals surface area contributed by atoms with Crippen LogP contribution in [0.1, 0.15) is 36.0 Å². The first-order valence-corrected chi connectivity index (χ1v) is 10.3. The first-order chi connectivity index (χ1) is 13.7. The standard InChI is InChI=1S/C24H29N3O/c1-26(17-20-6-3-2-4-7-20)23-15-24(28-19-23)10-12-27(13-11-24)18-22-9-5-8-21(14-22)16-25/h2-9,14,23H,10-13,15,17-19H2,1H3/t23-/m0/s1. The molecule has 0 aliphatic carbocycles. The lowest BCUT2D eigenvalue weighted by atomic mass is 9.87.